The zero-order valence-corrected chi connectivity index (χ0v) is 12.5. The predicted octanol–water partition coefficient (Wildman–Crippen LogP) is 0.627. The van der Waals surface area contributed by atoms with Gasteiger partial charge in [-0.25, -0.2) is 0 Å². The van der Waals surface area contributed by atoms with Crippen molar-refractivity contribution in [3.05, 3.63) is 35.4 Å². The molecule has 2 amide bonds. The molecule has 0 aliphatic heterocycles. The van der Waals surface area contributed by atoms with Gasteiger partial charge < -0.3 is 15.3 Å². The summed E-state index contributed by atoms with van der Waals surface area (Å²) in [5.41, 5.74) is 0.950. The van der Waals surface area contributed by atoms with E-state index in [9.17, 15) is 9.59 Å². The van der Waals surface area contributed by atoms with E-state index >= 15 is 0 Å². The van der Waals surface area contributed by atoms with E-state index in [1.807, 2.05) is 13.8 Å². The highest BCUT2D eigenvalue weighted by Gasteiger charge is 2.17. The van der Waals surface area contributed by atoms with Crippen LogP contribution in [0.15, 0.2) is 24.3 Å². The van der Waals surface area contributed by atoms with Gasteiger partial charge in [0, 0.05) is 18.7 Å². The Bertz CT molecular complexity index is 570. The van der Waals surface area contributed by atoms with Gasteiger partial charge in [0.15, 0.2) is 0 Å². The molecule has 0 aliphatic carbocycles. The number of nitrogens with one attached hydrogen (secondary N) is 1. The van der Waals surface area contributed by atoms with Gasteiger partial charge in [0.05, 0.1) is 12.1 Å². The summed E-state index contributed by atoms with van der Waals surface area (Å²) < 4.78 is 0. The van der Waals surface area contributed by atoms with Crippen LogP contribution in [0.25, 0.3) is 0 Å². The molecule has 0 heterocycles. The Labute approximate surface area is 125 Å². The van der Waals surface area contributed by atoms with Crippen molar-refractivity contribution >= 4 is 11.8 Å². The number of hydrogen-bond donors (Lipinski definition) is 2. The third-order valence-electron chi connectivity index (χ3n) is 2.64. The molecule has 21 heavy (non-hydrogen) atoms. The van der Waals surface area contributed by atoms with Gasteiger partial charge in [-0.15, -0.1) is 0 Å². The summed E-state index contributed by atoms with van der Waals surface area (Å²) >= 11 is 0. The molecule has 0 atom stereocenters. The molecule has 0 aromatic heterocycles. The van der Waals surface area contributed by atoms with Crippen LogP contribution in [0.4, 0.5) is 0 Å². The lowest BCUT2D eigenvalue weighted by atomic mass is 10.1. The highest BCUT2D eigenvalue weighted by atomic mass is 16.2. The summed E-state index contributed by atoms with van der Waals surface area (Å²) in [5.74, 6) is 4.77. The fraction of sp³-hybridized carbons (Fsp3) is 0.375. The molecule has 0 saturated heterocycles. The van der Waals surface area contributed by atoms with Gasteiger partial charge in [-0.1, -0.05) is 24.0 Å². The molecule has 0 fully saturated rings. The molecule has 0 unspecified atom stereocenters. The number of carbonyl (C=O) groups excluding carboxylic acids is 2. The molecule has 1 aromatic rings. The number of aliphatic hydroxyl groups excluding tert-OH is 1. The van der Waals surface area contributed by atoms with E-state index in [-0.39, 0.29) is 31.0 Å². The van der Waals surface area contributed by atoms with Crippen LogP contribution in [0.2, 0.25) is 0 Å². The minimum Gasteiger partial charge on any atom is -0.384 e. The first-order valence-electron chi connectivity index (χ1n) is 6.69. The molecule has 1 aromatic carbocycles. The van der Waals surface area contributed by atoms with E-state index in [1.54, 1.807) is 31.3 Å². The summed E-state index contributed by atoms with van der Waals surface area (Å²) in [5, 5.41) is 11.5. The molecule has 112 valence electrons. The maximum atomic E-state index is 12.4. The van der Waals surface area contributed by atoms with Crippen molar-refractivity contribution in [1.82, 2.24) is 10.2 Å². The largest absolute Gasteiger partial charge is 0.384 e. The van der Waals surface area contributed by atoms with Crippen LogP contribution < -0.4 is 5.32 Å². The number of carbonyl (C=O) groups is 2. The highest BCUT2D eigenvalue weighted by molar-refractivity contribution is 5.98. The van der Waals surface area contributed by atoms with Crippen LogP contribution in [0.5, 0.6) is 0 Å². The Hall–Kier alpha value is -2.32. The van der Waals surface area contributed by atoms with Gasteiger partial charge in [-0.3, -0.25) is 9.59 Å². The van der Waals surface area contributed by atoms with Crippen LogP contribution >= 0.6 is 0 Å². The second-order valence-corrected chi connectivity index (χ2v) is 4.89. The monoisotopic (exact) mass is 288 g/mol. The van der Waals surface area contributed by atoms with E-state index in [0.717, 1.165) is 0 Å². The first-order valence-corrected chi connectivity index (χ1v) is 6.69. The molecular formula is C16H20N2O3. The van der Waals surface area contributed by atoms with Gasteiger partial charge >= 0.3 is 0 Å². The van der Waals surface area contributed by atoms with E-state index in [2.05, 4.69) is 17.2 Å². The fourth-order valence-electron chi connectivity index (χ4n) is 1.77. The summed E-state index contributed by atoms with van der Waals surface area (Å²) in [6, 6.07) is 6.89. The first kappa shape index (κ1) is 16.7. The van der Waals surface area contributed by atoms with Crippen LogP contribution in [0, 0.1) is 11.8 Å². The molecular weight excluding hydrogens is 268 g/mol. The molecule has 5 heteroatoms. The number of hydrogen-bond acceptors (Lipinski definition) is 3. The zero-order chi connectivity index (χ0) is 15.8. The third-order valence-corrected chi connectivity index (χ3v) is 2.64. The molecule has 0 saturated carbocycles. The first-order chi connectivity index (χ1) is 9.95. The molecule has 1 rings (SSSR count). The number of rotatable bonds is 4. The minimum absolute atomic E-state index is 0.0151. The van der Waals surface area contributed by atoms with Crippen LogP contribution in [-0.4, -0.2) is 48.1 Å². The molecule has 0 bridgehead atoms. The Morgan fingerprint density at radius 2 is 2.00 bits per heavy atom. The Morgan fingerprint density at radius 3 is 2.62 bits per heavy atom. The van der Waals surface area contributed by atoms with Crippen molar-refractivity contribution in [1.29, 1.82) is 0 Å². The number of likely N-dealkylation sites (N-methyl/N-ethyl adjacent to an activating group) is 1. The van der Waals surface area contributed by atoms with Crippen LogP contribution in [0.1, 0.15) is 29.8 Å². The van der Waals surface area contributed by atoms with E-state index in [1.165, 1.54) is 4.90 Å². The number of amides is 2. The SMILES string of the molecule is CC(C)NC(=O)CN(C)C(=O)c1ccccc1C#CCO. The lowest BCUT2D eigenvalue weighted by molar-refractivity contribution is -0.122. The van der Waals surface area contributed by atoms with Crippen LogP contribution in [0.3, 0.4) is 0 Å². The maximum absolute atomic E-state index is 12.4. The lowest BCUT2D eigenvalue weighted by Crippen LogP contribution is -2.41. The lowest BCUT2D eigenvalue weighted by Gasteiger charge is -2.18. The van der Waals surface area contributed by atoms with E-state index in [4.69, 9.17) is 5.11 Å². The van der Waals surface area contributed by atoms with E-state index < -0.39 is 0 Å². The predicted molar refractivity (Wildman–Crippen MR) is 80.6 cm³/mol. The van der Waals surface area contributed by atoms with Crippen molar-refractivity contribution in [2.24, 2.45) is 0 Å². The molecule has 0 aliphatic rings. The smallest absolute Gasteiger partial charge is 0.255 e. The van der Waals surface area contributed by atoms with Crippen molar-refractivity contribution < 1.29 is 14.7 Å². The van der Waals surface area contributed by atoms with Crippen LogP contribution in [-0.2, 0) is 4.79 Å². The fourth-order valence-corrected chi connectivity index (χ4v) is 1.77. The standard InChI is InChI=1S/C16H20N2O3/c1-12(2)17-15(20)11-18(3)16(21)14-9-5-4-7-13(14)8-6-10-19/h4-5,7,9,12,19H,10-11H2,1-3H3,(H,17,20). The second kappa shape index (κ2) is 8.08. The van der Waals surface area contributed by atoms with Crippen molar-refractivity contribution in [3.63, 3.8) is 0 Å². The van der Waals surface area contributed by atoms with Gasteiger partial charge in [0.2, 0.25) is 5.91 Å². The van der Waals surface area contributed by atoms with E-state index in [0.29, 0.717) is 11.1 Å². The molecule has 0 radical (unpaired) electrons. The molecule has 2 N–H and O–H groups in total. The second-order valence-electron chi connectivity index (χ2n) is 4.89. The minimum atomic E-state index is -0.281. The Morgan fingerprint density at radius 1 is 1.33 bits per heavy atom. The van der Waals surface area contributed by atoms with Gasteiger partial charge in [-0.05, 0) is 26.0 Å². The van der Waals surface area contributed by atoms with Crippen molar-refractivity contribution in [2.45, 2.75) is 19.9 Å². The van der Waals surface area contributed by atoms with Gasteiger partial charge in [-0.2, -0.15) is 0 Å². The quantitative estimate of drug-likeness (QED) is 0.798. The molecule has 5 nitrogen and oxygen atoms in total. The summed E-state index contributed by atoms with van der Waals surface area (Å²) in [7, 11) is 1.57. The summed E-state index contributed by atoms with van der Waals surface area (Å²) in [4.78, 5) is 25.4. The van der Waals surface area contributed by atoms with Crippen molar-refractivity contribution in [3.8, 4) is 11.8 Å². The average Bonchev–Trinajstić information content (AvgIpc) is 2.43. The topological polar surface area (TPSA) is 69.6 Å². The van der Waals surface area contributed by atoms with Gasteiger partial charge in [0.25, 0.3) is 5.91 Å². The van der Waals surface area contributed by atoms with Gasteiger partial charge in [0.1, 0.15) is 6.61 Å². The summed E-state index contributed by atoms with van der Waals surface area (Å²) in [6.07, 6.45) is 0. The number of nitrogens with zero attached hydrogens (tertiary/aromatic N) is 1. The normalized spacial score (nSPS) is 9.76. The maximum Gasteiger partial charge on any atom is 0.255 e. The third kappa shape index (κ3) is 5.28. The van der Waals surface area contributed by atoms with Crippen molar-refractivity contribution in [2.75, 3.05) is 20.2 Å². The Kier molecular flexibility index (Phi) is 6.44. The molecule has 0 spiro atoms. The summed E-state index contributed by atoms with van der Waals surface area (Å²) in [6.45, 7) is 3.44. The zero-order valence-electron chi connectivity index (χ0n) is 12.5. The number of benzene rings is 1. The Balaban J connectivity index is 2.86. The number of aliphatic hydroxyl groups is 1. The highest BCUT2D eigenvalue weighted by Crippen LogP contribution is 2.10. The average molecular weight is 288 g/mol.